The summed E-state index contributed by atoms with van der Waals surface area (Å²) in [4.78, 5) is 13.6. The van der Waals surface area contributed by atoms with E-state index >= 15 is 0 Å². The second-order valence-corrected chi connectivity index (χ2v) is 5.75. The van der Waals surface area contributed by atoms with Gasteiger partial charge in [-0.2, -0.15) is 0 Å². The molecule has 1 amide bonds. The molecule has 0 aromatic rings. The third-order valence-corrected chi connectivity index (χ3v) is 3.29. The molecule has 0 aromatic carbocycles. The van der Waals surface area contributed by atoms with Crippen LogP contribution in [0.15, 0.2) is 0 Å². The lowest BCUT2D eigenvalue weighted by molar-refractivity contribution is -0.171. The summed E-state index contributed by atoms with van der Waals surface area (Å²) < 4.78 is 11.0. The quantitative estimate of drug-likeness (QED) is 0.636. The lowest BCUT2D eigenvalue weighted by Gasteiger charge is -2.47. The van der Waals surface area contributed by atoms with Gasteiger partial charge in [0.25, 0.3) is 0 Å². The first-order chi connectivity index (χ1) is 7.40. The monoisotopic (exact) mass is 227 g/mol. The summed E-state index contributed by atoms with van der Waals surface area (Å²) in [7, 11) is 0. The molecule has 2 heterocycles. The number of ether oxygens (including phenoxy) is 2. The number of amides is 1. The van der Waals surface area contributed by atoms with Crippen molar-refractivity contribution in [3.63, 3.8) is 0 Å². The highest BCUT2D eigenvalue weighted by Crippen LogP contribution is 2.36. The van der Waals surface area contributed by atoms with Crippen LogP contribution in [0.1, 0.15) is 40.0 Å². The fourth-order valence-corrected chi connectivity index (χ4v) is 2.21. The Bertz CT molecular complexity index is 268. The maximum absolute atomic E-state index is 11.8. The Kier molecular flexibility index (Phi) is 2.86. The normalized spacial score (nSPS) is 24.1. The van der Waals surface area contributed by atoms with Gasteiger partial charge >= 0.3 is 6.09 Å². The van der Waals surface area contributed by atoms with Crippen LogP contribution in [0.2, 0.25) is 0 Å². The molecule has 4 heteroatoms. The van der Waals surface area contributed by atoms with Gasteiger partial charge in [-0.05, 0) is 40.0 Å². The van der Waals surface area contributed by atoms with Crippen LogP contribution < -0.4 is 0 Å². The van der Waals surface area contributed by atoms with E-state index in [1.165, 1.54) is 0 Å². The van der Waals surface area contributed by atoms with Crippen molar-refractivity contribution in [3.05, 3.63) is 0 Å². The average molecular weight is 227 g/mol. The zero-order valence-corrected chi connectivity index (χ0v) is 10.4. The molecule has 2 aliphatic heterocycles. The van der Waals surface area contributed by atoms with Crippen molar-refractivity contribution in [1.29, 1.82) is 0 Å². The molecule has 2 saturated heterocycles. The SMILES string of the molecule is CC(C)(C)OC(=O)N1CCC2(CCO2)CC1. The van der Waals surface area contributed by atoms with Crippen molar-refractivity contribution in [2.24, 2.45) is 0 Å². The van der Waals surface area contributed by atoms with Crippen LogP contribution in [0.3, 0.4) is 0 Å². The number of hydrogen-bond acceptors (Lipinski definition) is 3. The van der Waals surface area contributed by atoms with Crippen LogP contribution >= 0.6 is 0 Å². The molecular weight excluding hydrogens is 206 g/mol. The minimum absolute atomic E-state index is 0.0957. The average Bonchev–Trinajstić information content (AvgIpc) is 2.13. The molecule has 0 N–H and O–H groups in total. The predicted molar refractivity (Wildman–Crippen MR) is 60.3 cm³/mol. The lowest BCUT2D eigenvalue weighted by Crippen LogP contribution is -2.54. The van der Waals surface area contributed by atoms with Crippen molar-refractivity contribution in [2.75, 3.05) is 19.7 Å². The van der Waals surface area contributed by atoms with Crippen molar-refractivity contribution in [3.8, 4) is 0 Å². The zero-order chi connectivity index (χ0) is 11.8. The van der Waals surface area contributed by atoms with E-state index in [4.69, 9.17) is 9.47 Å². The first-order valence-corrected chi connectivity index (χ1v) is 6.02. The minimum Gasteiger partial charge on any atom is -0.444 e. The minimum atomic E-state index is -0.404. The standard InChI is InChI=1S/C12H21NO3/c1-11(2,3)16-10(14)13-7-4-12(5-8-13)6-9-15-12/h4-9H2,1-3H3. The first-order valence-electron chi connectivity index (χ1n) is 6.02. The van der Waals surface area contributed by atoms with E-state index in [0.717, 1.165) is 39.0 Å². The molecule has 0 bridgehead atoms. The fraction of sp³-hybridized carbons (Fsp3) is 0.917. The molecule has 1 spiro atoms. The van der Waals surface area contributed by atoms with Crippen LogP contribution in [0.4, 0.5) is 4.79 Å². The van der Waals surface area contributed by atoms with Crippen molar-refractivity contribution in [2.45, 2.75) is 51.2 Å². The molecule has 0 saturated carbocycles. The van der Waals surface area contributed by atoms with Gasteiger partial charge in [-0.3, -0.25) is 0 Å². The summed E-state index contributed by atoms with van der Waals surface area (Å²) in [6.45, 7) is 8.08. The van der Waals surface area contributed by atoms with Crippen molar-refractivity contribution < 1.29 is 14.3 Å². The number of rotatable bonds is 0. The predicted octanol–water partition coefficient (Wildman–Crippen LogP) is 2.18. The fourth-order valence-electron chi connectivity index (χ4n) is 2.21. The van der Waals surface area contributed by atoms with E-state index in [9.17, 15) is 4.79 Å². The Hall–Kier alpha value is -0.770. The van der Waals surface area contributed by atoms with Gasteiger partial charge in [0, 0.05) is 13.1 Å². The highest BCUT2D eigenvalue weighted by Gasteiger charge is 2.42. The van der Waals surface area contributed by atoms with Crippen LogP contribution in [0, 0.1) is 0 Å². The third-order valence-electron chi connectivity index (χ3n) is 3.29. The Balaban J connectivity index is 1.82. The summed E-state index contributed by atoms with van der Waals surface area (Å²) in [6.07, 6.45) is 2.86. The molecule has 16 heavy (non-hydrogen) atoms. The number of likely N-dealkylation sites (tertiary alicyclic amines) is 1. The zero-order valence-electron chi connectivity index (χ0n) is 10.4. The van der Waals surface area contributed by atoms with E-state index in [1.807, 2.05) is 20.8 Å². The summed E-state index contributed by atoms with van der Waals surface area (Å²) in [5.74, 6) is 0. The molecule has 2 fully saturated rings. The Morgan fingerprint density at radius 1 is 1.25 bits per heavy atom. The Morgan fingerprint density at radius 2 is 1.81 bits per heavy atom. The molecule has 92 valence electrons. The highest BCUT2D eigenvalue weighted by atomic mass is 16.6. The van der Waals surface area contributed by atoms with Gasteiger partial charge < -0.3 is 14.4 Å². The molecule has 2 rings (SSSR count). The molecule has 0 radical (unpaired) electrons. The highest BCUT2D eigenvalue weighted by molar-refractivity contribution is 5.68. The van der Waals surface area contributed by atoms with Gasteiger partial charge in [0.2, 0.25) is 0 Å². The summed E-state index contributed by atoms with van der Waals surface area (Å²) in [6, 6.07) is 0. The second-order valence-electron chi connectivity index (χ2n) is 5.75. The first kappa shape index (κ1) is 11.7. The van der Waals surface area contributed by atoms with Gasteiger partial charge in [-0.1, -0.05) is 0 Å². The maximum atomic E-state index is 11.8. The van der Waals surface area contributed by atoms with Crippen molar-refractivity contribution >= 4 is 6.09 Å². The van der Waals surface area contributed by atoms with Crippen LogP contribution in [-0.2, 0) is 9.47 Å². The van der Waals surface area contributed by atoms with Crippen LogP contribution in [0.25, 0.3) is 0 Å². The number of nitrogens with zero attached hydrogens (tertiary/aromatic N) is 1. The molecule has 0 atom stereocenters. The molecule has 0 aliphatic carbocycles. The van der Waals surface area contributed by atoms with Gasteiger partial charge in [-0.15, -0.1) is 0 Å². The van der Waals surface area contributed by atoms with E-state index < -0.39 is 5.60 Å². The van der Waals surface area contributed by atoms with Gasteiger partial charge in [-0.25, -0.2) is 4.79 Å². The molecule has 2 aliphatic rings. The molecule has 0 aromatic heterocycles. The molecule has 4 nitrogen and oxygen atoms in total. The van der Waals surface area contributed by atoms with E-state index in [2.05, 4.69) is 0 Å². The van der Waals surface area contributed by atoms with Gasteiger partial charge in [0.15, 0.2) is 0 Å². The second kappa shape index (κ2) is 3.91. The number of carbonyl (C=O) groups is 1. The number of piperidine rings is 1. The number of carbonyl (C=O) groups excluding carboxylic acids is 1. The van der Waals surface area contributed by atoms with Crippen molar-refractivity contribution in [1.82, 2.24) is 4.90 Å². The van der Waals surface area contributed by atoms with Crippen LogP contribution in [0.5, 0.6) is 0 Å². The Morgan fingerprint density at radius 3 is 2.19 bits per heavy atom. The van der Waals surface area contributed by atoms with E-state index in [1.54, 1.807) is 4.90 Å². The maximum Gasteiger partial charge on any atom is 0.410 e. The largest absolute Gasteiger partial charge is 0.444 e. The van der Waals surface area contributed by atoms with Gasteiger partial charge in [0.1, 0.15) is 5.60 Å². The smallest absolute Gasteiger partial charge is 0.410 e. The topological polar surface area (TPSA) is 38.8 Å². The molecular formula is C12H21NO3. The summed E-state index contributed by atoms with van der Waals surface area (Å²) >= 11 is 0. The summed E-state index contributed by atoms with van der Waals surface area (Å²) in [5, 5.41) is 0. The van der Waals surface area contributed by atoms with E-state index in [0.29, 0.717) is 0 Å². The number of hydrogen-bond donors (Lipinski definition) is 0. The Labute approximate surface area is 96.9 Å². The lowest BCUT2D eigenvalue weighted by atomic mass is 9.84. The van der Waals surface area contributed by atoms with Crippen LogP contribution in [-0.4, -0.2) is 41.9 Å². The van der Waals surface area contributed by atoms with Gasteiger partial charge in [0.05, 0.1) is 12.2 Å². The summed E-state index contributed by atoms with van der Waals surface area (Å²) in [5.41, 5.74) is -0.308. The van der Waals surface area contributed by atoms with E-state index in [-0.39, 0.29) is 11.7 Å². The molecule has 0 unspecified atom stereocenters. The third kappa shape index (κ3) is 2.48.